The average molecular weight is 522 g/mol. The molecule has 4 rings (SSSR count). The fraction of sp³-hybridized carbons (Fsp3) is 0.179. The van der Waals surface area contributed by atoms with E-state index in [9.17, 15) is 9.90 Å². The summed E-state index contributed by atoms with van der Waals surface area (Å²) in [6.07, 6.45) is 1.62. The van der Waals surface area contributed by atoms with Crippen LogP contribution in [0.4, 0.5) is 0 Å². The van der Waals surface area contributed by atoms with E-state index in [1.54, 1.807) is 0 Å². The Kier molecular flexibility index (Phi) is 8.08. The van der Waals surface area contributed by atoms with Crippen molar-refractivity contribution in [3.63, 3.8) is 0 Å². The van der Waals surface area contributed by atoms with Crippen molar-refractivity contribution in [1.29, 1.82) is 0 Å². The third-order valence-electron chi connectivity index (χ3n) is 5.92. The van der Waals surface area contributed by atoms with E-state index < -0.39 is 5.91 Å². The molecule has 0 saturated heterocycles. The van der Waals surface area contributed by atoms with E-state index in [1.807, 2.05) is 61.5 Å². The Morgan fingerprint density at radius 2 is 1.81 bits per heavy atom. The molecule has 0 bridgehead atoms. The minimum atomic E-state index is -0.414. The summed E-state index contributed by atoms with van der Waals surface area (Å²) in [6, 6.07) is 21.5. The number of primary amides is 1. The summed E-state index contributed by atoms with van der Waals surface area (Å²) < 4.78 is 6.23. The Labute approximate surface area is 219 Å². The fourth-order valence-corrected chi connectivity index (χ4v) is 4.71. The number of nitrogens with zero attached hydrogens (tertiary/aromatic N) is 2. The molecule has 0 fully saturated rings. The SMILES string of the molecule is Cc1cc(Cl)ccc1C(c1ccccc1)c1cc(CC(N)=O)ccc1OCCc1c(O)ncnc1Cl. The highest BCUT2D eigenvalue weighted by Crippen LogP contribution is 2.40. The lowest BCUT2D eigenvalue weighted by Crippen LogP contribution is -2.15. The number of ether oxygens (including phenoxy) is 1. The molecular formula is C28H25Cl2N3O3. The minimum absolute atomic E-state index is 0.110. The van der Waals surface area contributed by atoms with Crippen LogP contribution in [0.5, 0.6) is 11.6 Å². The number of nitrogens with two attached hydrogens (primary N) is 1. The molecule has 0 radical (unpaired) electrons. The van der Waals surface area contributed by atoms with Gasteiger partial charge < -0.3 is 15.6 Å². The zero-order valence-corrected chi connectivity index (χ0v) is 21.1. The number of aromatic hydroxyl groups is 1. The van der Waals surface area contributed by atoms with Crippen LogP contribution in [0.3, 0.4) is 0 Å². The number of carbonyl (C=O) groups is 1. The van der Waals surface area contributed by atoms with Crippen molar-refractivity contribution in [2.45, 2.75) is 25.7 Å². The monoisotopic (exact) mass is 521 g/mol. The van der Waals surface area contributed by atoms with Crippen molar-refractivity contribution in [3.05, 3.63) is 117 Å². The number of amides is 1. The fourth-order valence-electron chi connectivity index (χ4n) is 4.26. The molecule has 0 aliphatic heterocycles. The molecule has 0 spiro atoms. The van der Waals surface area contributed by atoms with Crippen molar-refractivity contribution < 1.29 is 14.6 Å². The highest BCUT2D eigenvalue weighted by Gasteiger charge is 2.23. The lowest BCUT2D eigenvalue weighted by Gasteiger charge is -2.24. The maximum Gasteiger partial charge on any atom is 0.221 e. The second kappa shape index (κ2) is 11.4. The summed E-state index contributed by atoms with van der Waals surface area (Å²) in [4.78, 5) is 19.4. The van der Waals surface area contributed by atoms with Gasteiger partial charge in [0.1, 0.15) is 17.2 Å². The molecule has 1 atom stereocenters. The van der Waals surface area contributed by atoms with Gasteiger partial charge in [0.2, 0.25) is 11.8 Å². The van der Waals surface area contributed by atoms with E-state index in [-0.39, 0.29) is 30.0 Å². The lowest BCUT2D eigenvalue weighted by molar-refractivity contribution is -0.117. The number of halogens is 2. The molecule has 1 aromatic heterocycles. The van der Waals surface area contributed by atoms with Gasteiger partial charge in [-0.1, -0.05) is 71.7 Å². The van der Waals surface area contributed by atoms with E-state index >= 15 is 0 Å². The normalized spacial score (nSPS) is 11.8. The van der Waals surface area contributed by atoms with Crippen molar-refractivity contribution in [1.82, 2.24) is 9.97 Å². The Hall–Kier alpha value is -3.61. The molecule has 0 aliphatic rings. The Morgan fingerprint density at radius 1 is 1.03 bits per heavy atom. The number of aryl methyl sites for hydroxylation is 1. The van der Waals surface area contributed by atoms with Gasteiger partial charge in [-0.3, -0.25) is 4.79 Å². The summed E-state index contributed by atoms with van der Waals surface area (Å²) in [5, 5.41) is 10.9. The second-order valence-corrected chi connectivity index (χ2v) is 9.22. The average Bonchev–Trinajstić information content (AvgIpc) is 2.84. The van der Waals surface area contributed by atoms with Crippen LogP contribution in [0.25, 0.3) is 0 Å². The molecule has 36 heavy (non-hydrogen) atoms. The Bertz CT molecular complexity index is 1360. The molecule has 3 N–H and O–H groups in total. The van der Waals surface area contributed by atoms with Crippen LogP contribution in [0.1, 0.15) is 39.3 Å². The standard InChI is InChI=1S/C28H25Cl2N3O3/c1-17-13-20(29)8-9-21(17)26(19-5-3-2-4-6-19)23-14-18(15-25(31)34)7-10-24(23)36-12-11-22-27(30)32-16-33-28(22)35/h2-10,13-14,16,26H,11-12,15H2,1H3,(H2,31,34)(H,32,33,35). The maximum atomic E-state index is 11.7. The number of aromatic nitrogens is 2. The first-order chi connectivity index (χ1) is 17.3. The summed E-state index contributed by atoms with van der Waals surface area (Å²) in [5.41, 5.74) is 10.7. The van der Waals surface area contributed by atoms with Crippen molar-refractivity contribution in [2.75, 3.05) is 6.61 Å². The van der Waals surface area contributed by atoms with E-state index in [4.69, 9.17) is 33.7 Å². The highest BCUT2D eigenvalue weighted by atomic mass is 35.5. The molecule has 3 aromatic carbocycles. The predicted molar refractivity (Wildman–Crippen MR) is 141 cm³/mol. The van der Waals surface area contributed by atoms with Crippen LogP contribution < -0.4 is 10.5 Å². The predicted octanol–water partition coefficient (Wildman–Crippen LogP) is 5.63. The topological polar surface area (TPSA) is 98.3 Å². The van der Waals surface area contributed by atoms with Gasteiger partial charge >= 0.3 is 0 Å². The zero-order valence-electron chi connectivity index (χ0n) is 19.6. The van der Waals surface area contributed by atoms with Crippen LogP contribution in [0, 0.1) is 6.92 Å². The van der Waals surface area contributed by atoms with E-state index in [0.29, 0.717) is 22.8 Å². The number of hydrogen-bond acceptors (Lipinski definition) is 5. The minimum Gasteiger partial charge on any atom is -0.493 e. The molecule has 0 aliphatic carbocycles. The quantitative estimate of drug-likeness (QED) is 0.219. The van der Waals surface area contributed by atoms with Crippen LogP contribution in [-0.2, 0) is 17.6 Å². The maximum absolute atomic E-state index is 11.7. The van der Waals surface area contributed by atoms with Gasteiger partial charge in [-0.05, 0) is 47.4 Å². The molecule has 0 saturated carbocycles. The van der Waals surface area contributed by atoms with Crippen LogP contribution in [-0.4, -0.2) is 27.6 Å². The van der Waals surface area contributed by atoms with E-state index in [1.165, 1.54) is 6.33 Å². The first kappa shape index (κ1) is 25.5. The number of rotatable bonds is 9. The van der Waals surface area contributed by atoms with Crippen molar-refractivity contribution >= 4 is 29.1 Å². The van der Waals surface area contributed by atoms with Gasteiger partial charge in [-0.25, -0.2) is 9.97 Å². The van der Waals surface area contributed by atoms with Gasteiger partial charge in [0, 0.05) is 22.9 Å². The van der Waals surface area contributed by atoms with Gasteiger partial charge in [0.15, 0.2) is 0 Å². The van der Waals surface area contributed by atoms with Gasteiger partial charge in [0.05, 0.1) is 18.6 Å². The molecule has 1 unspecified atom stereocenters. The summed E-state index contributed by atoms with van der Waals surface area (Å²) in [5.74, 6) is -0.139. The van der Waals surface area contributed by atoms with Crippen LogP contribution >= 0.6 is 23.2 Å². The van der Waals surface area contributed by atoms with Gasteiger partial charge in [-0.15, -0.1) is 0 Å². The lowest BCUT2D eigenvalue weighted by atomic mass is 9.82. The molecule has 6 nitrogen and oxygen atoms in total. The van der Waals surface area contributed by atoms with Crippen LogP contribution in [0.15, 0.2) is 73.1 Å². The molecular weight excluding hydrogens is 497 g/mol. The Morgan fingerprint density at radius 3 is 2.50 bits per heavy atom. The van der Waals surface area contributed by atoms with Gasteiger partial charge in [0.25, 0.3) is 0 Å². The molecule has 4 aromatic rings. The van der Waals surface area contributed by atoms with E-state index in [2.05, 4.69) is 22.1 Å². The number of carbonyl (C=O) groups excluding carboxylic acids is 1. The third-order valence-corrected chi connectivity index (χ3v) is 6.48. The number of benzene rings is 3. The molecule has 8 heteroatoms. The second-order valence-electron chi connectivity index (χ2n) is 8.42. The van der Waals surface area contributed by atoms with Crippen LogP contribution in [0.2, 0.25) is 10.2 Å². The summed E-state index contributed by atoms with van der Waals surface area (Å²) >= 11 is 12.4. The first-order valence-corrected chi connectivity index (χ1v) is 12.1. The zero-order chi connectivity index (χ0) is 25.7. The van der Waals surface area contributed by atoms with Crippen molar-refractivity contribution in [3.8, 4) is 11.6 Å². The summed E-state index contributed by atoms with van der Waals surface area (Å²) in [6.45, 7) is 2.25. The third kappa shape index (κ3) is 5.96. The molecule has 184 valence electrons. The van der Waals surface area contributed by atoms with Gasteiger partial charge in [-0.2, -0.15) is 0 Å². The largest absolute Gasteiger partial charge is 0.493 e. The molecule has 1 amide bonds. The van der Waals surface area contributed by atoms with E-state index in [0.717, 1.165) is 27.8 Å². The smallest absolute Gasteiger partial charge is 0.221 e. The molecule has 1 heterocycles. The first-order valence-electron chi connectivity index (χ1n) is 11.4. The summed E-state index contributed by atoms with van der Waals surface area (Å²) in [7, 11) is 0. The Balaban J connectivity index is 1.78. The highest BCUT2D eigenvalue weighted by molar-refractivity contribution is 6.30. The van der Waals surface area contributed by atoms with Crippen molar-refractivity contribution in [2.24, 2.45) is 5.73 Å². The number of hydrogen-bond donors (Lipinski definition) is 2.